The van der Waals surface area contributed by atoms with Crippen molar-refractivity contribution >= 4 is 5.78 Å². The lowest BCUT2D eigenvalue weighted by Crippen LogP contribution is -2.59. The standard InChI is InChI=1S/C13H22F3NO/c1-7-6-9(11(18)12(3,4)5)8(2)17-10(7)13(14,15)16/h7-10,17H,6H2,1-5H3. The Morgan fingerprint density at radius 1 is 1.17 bits per heavy atom. The molecule has 1 rings (SSSR count). The molecule has 0 aromatic carbocycles. The maximum Gasteiger partial charge on any atom is 0.404 e. The average Bonchev–Trinajstić information content (AvgIpc) is 2.16. The fourth-order valence-corrected chi connectivity index (χ4v) is 2.61. The Morgan fingerprint density at radius 2 is 1.67 bits per heavy atom. The molecule has 5 heteroatoms. The predicted molar refractivity (Wildman–Crippen MR) is 64.2 cm³/mol. The Labute approximate surface area is 106 Å². The monoisotopic (exact) mass is 265 g/mol. The van der Waals surface area contributed by atoms with E-state index in [0.29, 0.717) is 6.42 Å². The van der Waals surface area contributed by atoms with Crippen molar-refractivity contribution in [2.24, 2.45) is 17.3 Å². The van der Waals surface area contributed by atoms with E-state index < -0.39 is 29.6 Å². The van der Waals surface area contributed by atoms with E-state index in [0.717, 1.165) is 0 Å². The first kappa shape index (κ1) is 15.5. The van der Waals surface area contributed by atoms with Gasteiger partial charge in [0.25, 0.3) is 0 Å². The van der Waals surface area contributed by atoms with E-state index in [4.69, 9.17) is 0 Å². The molecule has 4 atom stereocenters. The minimum atomic E-state index is -4.25. The van der Waals surface area contributed by atoms with Crippen molar-refractivity contribution < 1.29 is 18.0 Å². The molecule has 0 aromatic rings. The van der Waals surface area contributed by atoms with Gasteiger partial charge in [0.15, 0.2) is 0 Å². The van der Waals surface area contributed by atoms with Gasteiger partial charge in [-0.25, -0.2) is 0 Å². The van der Waals surface area contributed by atoms with E-state index in [2.05, 4.69) is 5.32 Å². The Bertz CT molecular complexity index is 319. The molecule has 0 spiro atoms. The quantitative estimate of drug-likeness (QED) is 0.789. The first-order valence-electron chi connectivity index (χ1n) is 6.31. The van der Waals surface area contributed by atoms with Crippen LogP contribution in [0.1, 0.15) is 41.0 Å². The third-order valence-electron chi connectivity index (χ3n) is 3.67. The highest BCUT2D eigenvalue weighted by Crippen LogP contribution is 2.37. The summed E-state index contributed by atoms with van der Waals surface area (Å²) in [5.74, 6) is -0.869. The first-order chi connectivity index (χ1) is 7.94. The molecule has 18 heavy (non-hydrogen) atoms. The summed E-state index contributed by atoms with van der Waals surface area (Å²) < 4.78 is 38.3. The van der Waals surface area contributed by atoms with Crippen molar-refractivity contribution in [3.63, 3.8) is 0 Å². The first-order valence-corrected chi connectivity index (χ1v) is 6.31. The highest BCUT2D eigenvalue weighted by molar-refractivity contribution is 5.86. The van der Waals surface area contributed by atoms with E-state index >= 15 is 0 Å². The molecule has 0 amide bonds. The number of carbonyl (C=O) groups is 1. The summed E-state index contributed by atoms with van der Waals surface area (Å²) in [6.45, 7) is 8.65. The van der Waals surface area contributed by atoms with Gasteiger partial charge in [-0.3, -0.25) is 4.79 Å². The zero-order valence-corrected chi connectivity index (χ0v) is 11.6. The molecule has 0 aromatic heterocycles. The minimum Gasteiger partial charge on any atom is -0.303 e. The summed E-state index contributed by atoms with van der Waals surface area (Å²) in [4.78, 5) is 12.2. The number of alkyl halides is 3. The molecule has 0 bridgehead atoms. The van der Waals surface area contributed by atoms with Crippen LogP contribution in [0.25, 0.3) is 0 Å². The molecule has 2 nitrogen and oxygen atoms in total. The van der Waals surface area contributed by atoms with E-state index in [1.54, 1.807) is 13.8 Å². The fourth-order valence-electron chi connectivity index (χ4n) is 2.61. The van der Waals surface area contributed by atoms with Gasteiger partial charge in [0.1, 0.15) is 11.8 Å². The fraction of sp³-hybridized carbons (Fsp3) is 0.923. The third kappa shape index (κ3) is 3.25. The van der Waals surface area contributed by atoms with Crippen molar-refractivity contribution in [2.75, 3.05) is 0 Å². The van der Waals surface area contributed by atoms with E-state index in [1.165, 1.54) is 0 Å². The molecule has 0 radical (unpaired) electrons. The van der Waals surface area contributed by atoms with E-state index in [9.17, 15) is 18.0 Å². The van der Waals surface area contributed by atoms with Crippen LogP contribution in [0, 0.1) is 17.3 Å². The molecule has 1 saturated heterocycles. The number of halogens is 3. The maximum atomic E-state index is 12.8. The number of piperidine rings is 1. The zero-order chi connectivity index (χ0) is 14.3. The number of Topliss-reactive ketones (excluding diaryl/α,β-unsaturated/α-hetero) is 1. The summed E-state index contributed by atoms with van der Waals surface area (Å²) in [7, 11) is 0. The van der Waals surface area contributed by atoms with Crippen LogP contribution in [0.15, 0.2) is 0 Å². The minimum absolute atomic E-state index is 0.0370. The van der Waals surface area contributed by atoms with Crippen LogP contribution in [0.5, 0.6) is 0 Å². The number of rotatable bonds is 1. The summed E-state index contributed by atoms with van der Waals surface area (Å²) >= 11 is 0. The summed E-state index contributed by atoms with van der Waals surface area (Å²) in [5, 5.41) is 2.56. The number of nitrogens with one attached hydrogen (secondary N) is 1. The van der Waals surface area contributed by atoms with Crippen molar-refractivity contribution in [3.8, 4) is 0 Å². The van der Waals surface area contributed by atoms with Crippen LogP contribution in [0.4, 0.5) is 13.2 Å². The third-order valence-corrected chi connectivity index (χ3v) is 3.67. The van der Waals surface area contributed by atoms with Crippen LogP contribution in [-0.4, -0.2) is 24.0 Å². The topological polar surface area (TPSA) is 29.1 Å². The highest BCUT2D eigenvalue weighted by atomic mass is 19.4. The lowest BCUT2D eigenvalue weighted by atomic mass is 9.72. The Hall–Kier alpha value is -0.580. The van der Waals surface area contributed by atoms with Crippen LogP contribution in [0.3, 0.4) is 0 Å². The van der Waals surface area contributed by atoms with Crippen LogP contribution in [0.2, 0.25) is 0 Å². The largest absolute Gasteiger partial charge is 0.404 e. The zero-order valence-electron chi connectivity index (χ0n) is 11.6. The van der Waals surface area contributed by atoms with Gasteiger partial charge in [0.2, 0.25) is 0 Å². The van der Waals surface area contributed by atoms with Crippen molar-refractivity contribution in [1.29, 1.82) is 0 Å². The van der Waals surface area contributed by atoms with Gasteiger partial charge in [0.05, 0.1) is 0 Å². The molecule has 0 saturated carbocycles. The van der Waals surface area contributed by atoms with E-state index in [1.807, 2.05) is 20.8 Å². The van der Waals surface area contributed by atoms with Gasteiger partial charge < -0.3 is 5.32 Å². The predicted octanol–water partition coefficient (Wildman–Crippen LogP) is 3.17. The molecule has 4 unspecified atom stereocenters. The smallest absolute Gasteiger partial charge is 0.303 e. The lowest BCUT2D eigenvalue weighted by molar-refractivity contribution is -0.178. The number of hydrogen-bond donors (Lipinski definition) is 1. The van der Waals surface area contributed by atoms with Crippen LogP contribution in [-0.2, 0) is 4.79 Å². The molecular weight excluding hydrogens is 243 g/mol. The second-order valence-corrected chi connectivity index (χ2v) is 6.41. The second kappa shape index (κ2) is 4.83. The summed E-state index contributed by atoms with van der Waals surface area (Å²) in [6, 6.07) is -1.93. The SMILES string of the molecule is CC1CC(C(=O)C(C)(C)C)C(C)NC1C(F)(F)F. The normalized spacial score (nSPS) is 34.4. The Kier molecular flexibility index (Phi) is 4.16. The lowest BCUT2D eigenvalue weighted by Gasteiger charge is -2.41. The van der Waals surface area contributed by atoms with Gasteiger partial charge in [0, 0.05) is 17.4 Å². The molecule has 1 heterocycles. The maximum absolute atomic E-state index is 12.8. The van der Waals surface area contributed by atoms with Crippen LogP contribution >= 0.6 is 0 Å². The number of hydrogen-bond acceptors (Lipinski definition) is 2. The Balaban J connectivity index is 2.84. The van der Waals surface area contributed by atoms with Gasteiger partial charge in [-0.15, -0.1) is 0 Å². The van der Waals surface area contributed by atoms with Gasteiger partial charge in [-0.05, 0) is 19.3 Å². The number of carbonyl (C=O) groups excluding carboxylic acids is 1. The van der Waals surface area contributed by atoms with Gasteiger partial charge in [-0.2, -0.15) is 13.2 Å². The molecule has 106 valence electrons. The molecule has 1 N–H and O–H groups in total. The highest BCUT2D eigenvalue weighted by Gasteiger charge is 2.49. The molecule has 1 fully saturated rings. The molecule has 0 aliphatic carbocycles. The molecule has 1 aliphatic heterocycles. The van der Waals surface area contributed by atoms with E-state index in [-0.39, 0.29) is 11.7 Å². The average molecular weight is 265 g/mol. The summed E-state index contributed by atoms with van der Waals surface area (Å²) in [6.07, 6.45) is -3.95. The van der Waals surface area contributed by atoms with Crippen molar-refractivity contribution in [2.45, 2.75) is 59.3 Å². The molecule has 1 aliphatic rings. The van der Waals surface area contributed by atoms with Gasteiger partial charge >= 0.3 is 6.18 Å². The van der Waals surface area contributed by atoms with Gasteiger partial charge in [-0.1, -0.05) is 27.7 Å². The van der Waals surface area contributed by atoms with Crippen molar-refractivity contribution in [1.82, 2.24) is 5.32 Å². The van der Waals surface area contributed by atoms with Crippen molar-refractivity contribution in [3.05, 3.63) is 0 Å². The second-order valence-electron chi connectivity index (χ2n) is 6.41. The van der Waals surface area contributed by atoms with Crippen LogP contribution < -0.4 is 5.32 Å². The molecular formula is C13H22F3NO. The Morgan fingerprint density at radius 3 is 2.06 bits per heavy atom. The number of ketones is 1. The summed E-state index contributed by atoms with van der Waals surface area (Å²) in [5.41, 5.74) is -0.509.